The maximum absolute atomic E-state index is 13.5. The standard InChI is InChI=1S/C16H21FO/c1-10-4-6-13(8-12(10)3)16(18)14-7-5-11(2)15(17)9-14/h5,7,9-10,12-13H,4,6,8H2,1-3H3. The van der Waals surface area contributed by atoms with Crippen molar-refractivity contribution in [2.45, 2.75) is 40.0 Å². The van der Waals surface area contributed by atoms with Gasteiger partial charge in [-0.1, -0.05) is 26.0 Å². The predicted molar refractivity (Wildman–Crippen MR) is 71.1 cm³/mol. The number of halogens is 1. The van der Waals surface area contributed by atoms with Gasteiger partial charge < -0.3 is 0 Å². The predicted octanol–water partition coefficient (Wildman–Crippen LogP) is 4.39. The highest BCUT2D eigenvalue weighted by molar-refractivity contribution is 5.97. The Morgan fingerprint density at radius 3 is 2.56 bits per heavy atom. The van der Waals surface area contributed by atoms with Crippen LogP contribution in [0.15, 0.2) is 18.2 Å². The van der Waals surface area contributed by atoms with Crippen LogP contribution in [0.4, 0.5) is 4.39 Å². The fraction of sp³-hybridized carbons (Fsp3) is 0.562. The molecule has 3 atom stereocenters. The SMILES string of the molecule is Cc1ccc(C(=O)C2CCC(C)C(C)C2)cc1F. The van der Waals surface area contributed by atoms with E-state index in [4.69, 9.17) is 0 Å². The number of Topliss-reactive ketones (excluding diaryl/α,β-unsaturated/α-hetero) is 1. The lowest BCUT2D eigenvalue weighted by atomic mass is 9.73. The minimum atomic E-state index is -0.280. The summed E-state index contributed by atoms with van der Waals surface area (Å²) in [4.78, 5) is 12.3. The second-order valence-corrected chi connectivity index (χ2v) is 5.79. The summed E-state index contributed by atoms with van der Waals surface area (Å²) in [6.07, 6.45) is 2.99. The second kappa shape index (κ2) is 5.21. The fourth-order valence-corrected chi connectivity index (χ4v) is 2.77. The third-order valence-electron chi connectivity index (χ3n) is 4.43. The van der Waals surface area contributed by atoms with E-state index in [-0.39, 0.29) is 17.5 Å². The largest absolute Gasteiger partial charge is 0.294 e. The smallest absolute Gasteiger partial charge is 0.166 e. The van der Waals surface area contributed by atoms with Crippen LogP contribution in [0.2, 0.25) is 0 Å². The third-order valence-corrected chi connectivity index (χ3v) is 4.43. The molecular formula is C16H21FO. The van der Waals surface area contributed by atoms with Crippen molar-refractivity contribution in [3.05, 3.63) is 35.1 Å². The van der Waals surface area contributed by atoms with Gasteiger partial charge in [0.1, 0.15) is 5.82 Å². The summed E-state index contributed by atoms with van der Waals surface area (Å²) in [5, 5.41) is 0. The number of hydrogen-bond acceptors (Lipinski definition) is 1. The van der Waals surface area contributed by atoms with Crippen LogP contribution in [-0.2, 0) is 0 Å². The van der Waals surface area contributed by atoms with Crippen LogP contribution in [0.5, 0.6) is 0 Å². The van der Waals surface area contributed by atoms with Crippen LogP contribution >= 0.6 is 0 Å². The van der Waals surface area contributed by atoms with Gasteiger partial charge >= 0.3 is 0 Å². The highest BCUT2D eigenvalue weighted by Gasteiger charge is 2.29. The van der Waals surface area contributed by atoms with Gasteiger partial charge in [-0.2, -0.15) is 0 Å². The Balaban J connectivity index is 2.14. The van der Waals surface area contributed by atoms with Gasteiger partial charge in [-0.15, -0.1) is 0 Å². The molecule has 0 spiro atoms. The van der Waals surface area contributed by atoms with Gasteiger partial charge in [-0.05, 0) is 49.7 Å². The Morgan fingerprint density at radius 1 is 1.22 bits per heavy atom. The van der Waals surface area contributed by atoms with Gasteiger partial charge in [0.2, 0.25) is 0 Å². The molecule has 18 heavy (non-hydrogen) atoms. The van der Waals surface area contributed by atoms with E-state index in [1.165, 1.54) is 6.07 Å². The number of hydrogen-bond donors (Lipinski definition) is 0. The van der Waals surface area contributed by atoms with Gasteiger partial charge in [-0.25, -0.2) is 4.39 Å². The first-order valence-corrected chi connectivity index (χ1v) is 6.79. The molecule has 0 radical (unpaired) electrons. The molecule has 0 amide bonds. The molecule has 1 aliphatic carbocycles. The molecule has 0 heterocycles. The molecule has 0 aromatic heterocycles. The van der Waals surface area contributed by atoms with Crippen LogP contribution in [0.3, 0.4) is 0 Å². The molecule has 1 aromatic rings. The zero-order valence-electron chi connectivity index (χ0n) is 11.4. The Kier molecular flexibility index (Phi) is 3.84. The van der Waals surface area contributed by atoms with Crippen molar-refractivity contribution in [2.24, 2.45) is 17.8 Å². The average molecular weight is 248 g/mol. The highest BCUT2D eigenvalue weighted by atomic mass is 19.1. The van der Waals surface area contributed by atoms with Gasteiger partial charge in [0.15, 0.2) is 5.78 Å². The molecule has 1 aromatic carbocycles. The maximum atomic E-state index is 13.5. The normalized spacial score (nSPS) is 28.1. The van der Waals surface area contributed by atoms with Crippen molar-refractivity contribution < 1.29 is 9.18 Å². The Morgan fingerprint density at radius 2 is 1.94 bits per heavy atom. The topological polar surface area (TPSA) is 17.1 Å². The van der Waals surface area contributed by atoms with Gasteiger partial charge in [0.05, 0.1) is 0 Å². The minimum absolute atomic E-state index is 0.0818. The van der Waals surface area contributed by atoms with E-state index in [1.807, 2.05) is 0 Å². The number of carbonyl (C=O) groups is 1. The number of ketones is 1. The Hall–Kier alpha value is -1.18. The summed E-state index contributed by atoms with van der Waals surface area (Å²) in [6.45, 7) is 6.17. The van der Waals surface area contributed by atoms with E-state index in [0.717, 1.165) is 19.3 Å². The maximum Gasteiger partial charge on any atom is 0.166 e. The minimum Gasteiger partial charge on any atom is -0.294 e. The number of carbonyl (C=O) groups excluding carboxylic acids is 1. The molecule has 0 bridgehead atoms. The fourth-order valence-electron chi connectivity index (χ4n) is 2.77. The molecule has 2 rings (SSSR count). The van der Waals surface area contributed by atoms with Crippen LogP contribution in [0.1, 0.15) is 49.0 Å². The summed E-state index contributed by atoms with van der Waals surface area (Å²) in [5.41, 5.74) is 1.13. The lowest BCUT2D eigenvalue weighted by Gasteiger charge is -2.31. The van der Waals surface area contributed by atoms with Crippen LogP contribution in [0.25, 0.3) is 0 Å². The van der Waals surface area contributed by atoms with Gasteiger partial charge in [0, 0.05) is 11.5 Å². The van der Waals surface area contributed by atoms with Crippen molar-refractivity contribution in [1.82, 2.24) is 0 Å². The molecular weight excluding hydrogens is 227 g/mol. The zero-order valence-corrected chi connectivity index (χ0v) is 11.4. The first-order chi connectivity index (χ1) is 8.49. The number of aryl methyl sites for hydroxylation is 1. The first kappa shape index (κ1) is 13.3. The number of rotatable bonds is 2. The summed E-state index contributed by atoms with van der Waals surface area (Å²) in [5.74, 6) is 1.20. The first-order valence-electron chi connectivity index (χ1n) is 6.79. The van der Waals surface area contributed by atoms with Gasteiger partial charge in [-0.3, -0.25) is 4.79 Å². The molecule has 1 saturated carbocycles. The zero-order chi connectivity index (χ0) is 13.3. The van der Waals surface area contributed by atoms with Crippen molar-refractivity contribution in [2.75, 3.05) is 0 Å². The quantitative estimate of drug-likeness (QED) is 0.709. The molecule has 98 valence electrons. The lowest BCUT2D eigenvalue weighted by Crippen LogP contribution is -2.26. The molecule has 3 unspecified atom stereocenters. The van der Waals surface area contributed by atoms with E-state index < -0.39 is 0 Å². The van der Waals surface area contributed by atoms with E-state index in [1.54, 1.807) is 19.1 Å². The third kappa shape index (κ3) is 2.63. The van der Waals surface area contributed by atoms with E-state index in [9.17, 15) is 9.18 Å². The van der Waals surface area contributed by atoms with Crippen molar-refractivity contribution in [1.29, 1.82) is 0 Å². The monoisotopic (exact) mass is 248 g/mol. The average Bonchev–Trinajstić information content (AvgIpc) is 2.35. The van der Waals surface area contributed by atoms with Crippen LogP contribution in [-0.4, -0.2) is 5.78 Å². The summed E-state index contributed by atoms with van der Waals surface area (Å²) in [7, 11) is 0. The van der Waals surface area contributed by atoms with Crippen molar-refractivity contribution in [3.8, 4) is 0 Å². The molecule has 0 aliphatic heterocycles. The van der Waals surface area contributed by atoms with E-state index in [2.05, 4.69) is 13.8 Å². The van der Waals surface area contributed by atoms with Crippen LogP contribution in [0, 0.1) is 30.5 Å². The lowest BCUT2D eigenvalue weighted by molar-refractivity contribution is 0.0837. The molecule has 0 saturated heterocycles. The van der Waals surface area contributed by atoms with Crippen molar-refractivity contribution >= 4 is 5.78 Å². The highest BCUT2D eigenvalue weighted by Crippen LogP contribution is 2.35. The number of benzene rings is 1. The van der Waals surface area contributed by atoms with Gasteiger partial charge in [0.25, 0.3) is 0 Å². The van der Waals surface area contributed by atoms with E-state index >= 15 is 0 Å². The van der Waals surface area contributed by atoms with Crippen LogP contribution < -0.4 is 0 Å². The van der Waals surface area contributed by atoms with E-state index in [0.29, 0.717) is 23.0 Å². The summed E-state index contributed by atoms with van der Waals surface area (Å²) in [6, 6.07) is 4.83. The molecule has 1 fully saturated rings. The molecule has 1 aliphatic rings. The molecule has 1 nitrogen and oxygen atoms in total. The summed E-state index contributed by atoms with van der Waals surface area (Å²) >= 11 is 0. The summed E-state index contributed by atoms with van der Waals surface area (Å²) < 4.78 is 13.5. The van der Waals surface area contributed by atoms with Crippen molar-refractivity contribution in [3.63, 3.8) is 0 Å². The Bertz CT molecular complexity index is 452. The molecule has 2 heteroatoms. The Labute approximate surface area is 108 Å². The second-order valence-electron chi connectivity index (χ2n) is 5.79. The molecule has 0 N–H and O–H groups in total.